The van der Waals surface area contributed by atoms with Crippen LogP contribution in [0.15, 0.2) is 34.8 Å². The zero-order valence-electron chi connectivity index (χ0n) is 12.4. The number of anilines is 1. The zero-order valence-corrected chi connectivity index (χ0v) is 14.8. The van der Waals surface area contributed by atoms with Gasteiger partial charge in [-0.1, -0.05) is 11.6 Å². The molecule has 0 N–H and O–H groups in total. The third kappa shape index (κ3) is 2.75. The highest BCUT2D eigenvalue weighted by atomic mass is 35.5. The first-order valence-electron chi connectivity index (χ1n) is 7.21. The van der Waals surface area contributed by atoms with Crippen LogP contribution in [0.25, 0.3) is 5.65 Å². The Bertz CT molecular complexity index is 977. The van der Waals surface area contributed by atoms with E-state index in [1.54, 1.807) is 23.0 Å². The molecule has 0 atom stereocenters. The number of sulfonamides is 1. The standard InChI is InChI=1S/C13H13ClN6O2S2/c14-10-1-4-13(23-10)24(21,22)19-7-5-18(6-8-19)12-3-2-11-16-15-9-20(11)17-12/h1-4,9H,5-8H2. The van der Waals surface area contributed by atoms with Crippen LogP contribution < -0.4 is 4.90 Å². The summed E-state index contributed by atoms with van der Waals surface area (Å²) < 4.78 is 29.1. The third-order valence-electron chi connectivity index (χ3n) is 3.85. The molecule has 1 aliphatic heterocycles. The van der Waals surface area contributed by atoms with Gasteiger partial charge in [0.05, 0.1) is 4.34 Å². The van der Waals surface area contributed by atoms with E-state index in [1.165, 1.54) is 4.31 Å². The molecule has 0 aromatic carbocycles. The lowest BCUT2D eigenvalue weighted by atomic mass is 10.3. The van der Waals surface area contributed by atoms with Crippen LogP contribution in [-0.2, 0) is 10.0 Å². The van der Waals surface area contributed by atoms with Crippen molar-refractivity contribution in [3.05, 3.63) is 34.9 Å². The van der Waals surface area contributed by atoms with Crippen LogP contribution in [0.1, 0.15) is 0 Å². The number of fused-ring (bicyclic) bond motifs is 1. The molecule has 0 bridgehead atoms. The Labute approximate surface area is 147 Å². The van der Waals surface area contributed by atoms with Gasteiger partial charge in [-0.3, -0.25) is 0 Å². The Hall–Kier alpha value is -1.75. The number of piperazine rings is 1. The van der Waals surface area contributed by atoms with Crippen molar-refractivity contribution >= 4 is 44.4 Å². The van der Waals surface area contributed by atoms with Crippen molar-refractivity contribution in [3.63, 3.8) is 0 Å². The molecule has 0 unspecified atom stereocenters. The first-order valence-corrected chi connectivity index (χ1v) is 9.85. The Balaban J connectivity index is 1.50. The highest BCUT2D eigenvalue weighted by molar-refractivity contribution is 7.91. The molecule has 0 spiro atoms. The van der Waals surface area contributed by atoms with Gasteiger partial charge >= 0.3 is 0 Å². The van der Waals surface area contributed by atoms with Crippen LogP contribution in [0.4, 0.5) is 5.82 Å². The highest BCUT2D eigenvalue weighted by Crippen LogP contribution is 2.29. The first-order chi connectivity index (χ1) is 11.5. The van der Waals surface area contributed by atoms with Gasteiger partial charge in [0.15, 0.2) is 5.65 Å². The molecule has 24 heavy (non-hydrogen) atoms. The number of aromatic nitrogens is 4. The third-order valence-corrected chi connectivity index (χ3v) is 7.45. The second-order valence-corrected chi connectivity index (χ2v) is 9.15. The predicted octanol–water partition coefficient (Wildman–Crippen LogP) is 1.35. The second-order valence-electron chi connectivity index (χ2n) is 5.27. The molecule has 4 rings (SSSR count). The minimum atomic E-state index is -3.48. The van der Waals surface area contributed by atoms with Gasteiger partial charge in [0.2, 0.25) is 0 Å². The summed E-state index contributed by atoms with van der Waals surface area (Å²) in [5, 5.41) is 12.2. The normalized spacial score (nSPS) is 16.8. The summed E-state index contributed by atoms with van der Waals surface area (Å²) in [5.74, 6) is 0.776. The number of nitrogens with zero attached hydrogens (tertiary/aromatic N) is 6. The van der Waals surface area contributed by atoms with Crippen molar-refractivity contribution in [1.29, 1.82) is 0 Å². The van der Waals surface area contributed by atoms with E-state index in [1.807, 2.05) is 17.0 Å². The van der Waals surface area contributed by atoms with Crippen molar-refractivity contribution in [1.82, 2.24) is 24.1 Å². The van der Waals surface area contributed by atoms with E-state index in [9.17, 15) is 8.42 Å². The van der Waals surface area contributed by atoms with Gasteiger partial charge in [-0.25, -0.2) is 8.42 Å². The Morgan fingerprint density at radius 1 is 1.08 bits per heavy atom. The van der Waals surface area contributed by atoms with Gasteiger partial charge in [0.1, 0.15) is 16.4 Å². The Kier molecular flexibility index (Phi) is 3.91. The number of rotatable bonds is 3. The Morgan fingerprint density at radius 3 is 2.58 bits per heavy atom. The maximum absolute atomic E-state index is 12.6. The minimum Gasteiger partial charge on any atom is -0.353 e. The van der Waals surface area contributed by atoms with Crippen LogP contribution in [0.2, 0.25) is 4.34 Å². The maximum Gasteiger partial charge on any atom is 0.252 e. The fraction of sp³-hybridized carbons (Fsp3) is 0.308. The fourth-order valence-corrected chi connectivity index (χ4v) is 5.67. The van der Waals surface area contributed by atoms with E-state index in [-0.39, 0.29) is 4.21 Å². The van der Waals surface area contributed by atoms with Crippen molar-refractivity contribution < 1.29 is 8.42 Å². The van der Waals surface area contributed by atoms with Gasteiger partial charge in [0, 0.05) is 26.2 Å². The monoisotopic (exact) mass is 384 g/mol. The summed E-state index contributed by atoms with van der Waals surface area (Å²) >= 11 is 6.93. The molecule has 0 radical (unpaired) electrons. The lowest BCUT2D eigenvalue weighted by molar-refractivity contribution is 0.384. The minimum absolute atomic E-state index is 0.282. The zero-order chi connectivity index (χ0) is 16.7. The van der Waals surface area contributed by atoms with Crippen LogP contribution in [0.3, 0.4) is 0 Å². The quantitative estimate of drug-likeness (QED) is 0.677. The molecule has 126 valence electrons. The number of hydrogen-bond acceptors (Lipinski definition) is 7. The molecule has 1 saturated heterocycles. The molecule has 11 heteroatoms. The summed E-state index contributed by atoms with van der Waals surface area (Å²) in [7, 11) is -3.48. The van der Waals surface area contributed by atoms with Crippen molar-refractivity contribution in [2.24, 2.45) is 0 Å². The molecule has 3 aromatic rings. The van der Waals surface area contributed by atoms with Crippen LogP contribution in [0, 0.1) is 0 Å². The second kappa shape index (κ2) is 5.96. The summed E-state index contributed by atoms with van der Waals surface area (Å²) in [6, 6.07) is 6.86. The summed E-state index contributed by atoms with van der Waals surface area (Å²) in [4.78, 5) is 2.05. The molecule has 4 heterocycles. The van der Waals surface area contributed by atoms with Crippen molar-refractivity contribution in [3.8, 4) is 0 Å². The fourth-order valence-electron chi connectivity index (χ4n) is 2.61. The molecule has 3 aromatic heterocycles. The van der Waals surface area contributed by atoms with Gasteiger partial charge in [-0.15, -0.1) is 26.6 Å². The lowest BCUT2D eigenvalue weighted by Gasteiger charge is -2.34. The first kappa shape index (κ1) is 15.8. The Morgan fingerprint density at radius 2 is 1.88 bits per heavy atom. The smallest absolute Gasteiger partial charge is 0.252 e. The van der Waals surface area contributed by atoms with Crippen LogP contribution >= 0.6 is 22.9 Å². The SMILES string of the molecule is O=S(=O)(c1ccc(Cl)s1)N1CCN(c2ccc3nncn3n2)CC1. The van der Waals surface area contributed by atoms with E-state index in [0.717, 1.165) is 17.2 Å². The van der Waals surface area contributed by atoms with Crippen molar-refractivity contribution in [2.75, 3.05) is 31.1 Å². The molecule has 0 aliphatic carbocycles. The number of hydrogen-bond donors (Lipinski definition) is 0. The number of halogens is 1. The topological polar surface area (TPSA) is 83.7 Å². The van der Waals surface area contributed by atoms with E-state index in [0.29, 0.717) is 36.2 Å². The molecule has 0 amide bonds. The van der Waals surface area contributed by atoms with E-state index >= 15 is 0 Å². The lowest BCUT2D eigenvalue weighted by Crippen LogP contribution is -2.48. The average molecular weight is 385 g/mol. The molecular formula is C13H13ClN6O2S2. The largest absolute Gasteiger partial charge is 0.353 e. The number of thiophene rings is 1. The molecule has 8 nitrogen and oxygen atoms in total. The molecular weight excluding hydrogens is 372 g/mol. The van der Waals surface area contributed by atoms with Gasteiger partial charge in [-0.05, 0) is 24.3 Å². The van der Waals surface area contributed by atoms with Crippen LogP contribution in [-0.4, -0.2) is 58.7 Å². The summed E-state index contributed by atoms with van der Waals surface area (Å²) in [6.07, 6.45) is 1.54. The molecule has 0 saturated carbocycles. The predicted molar refractivity (Wildman–Crippen MR) is 91.1 cm³/mol. The average Bonchev–Trinajstić information content (AvgIpc) is 3.23. The van der Waals surface area contributed by atoms with Gasteiger partial charge in [-0.2, -0.15) is 8.82 Å². The van der Waals surface area contributed by atoms with Crippen molar-refractivity contribution in [2.45, 2.75) is 4.21 Å². The molecule has 1 fully saturated rings. The van der Waals surface area contributed by atoms with E-state index in [2.05, 4.69) is 15.3 Å². The van der Waals surface area contributed by atoms with E-state index < -0.39 is 10.0 Å². The van der Waals surface area contributed by atoms with Gasteiger partial charge < -0.3 is 4.90 Å². The molecule has 1 aliphatic rings. The maximum atomic E-state index is 12.6. The van der Waals surface area contributed by atoms with Gasteiger partial charge in [0.25, 0.3) is 10.0 Å². The summed E-state index contributed by atoms with van der Waals surface area (Å²) in [5.41, 5.74) is 0.675. The van der Waals surface area contributed by atoms with Crippen LogP contribution in [0.5, 0.6) is 0 Å². The summed E-state index contributed by atoms with van der Waals surface area (Å²) in [6.45, 7) is 1.94. The van der Waals surface area contributed by atoms with E-state index in [4.69, 9.17) is 11.6 Å². The highest BCUT2D eigenvalue weighted by Gasteiger charge is 2.30.